The van der Waals surface area contributed by atoms with Crippen molar-refractivity contribution in [1.82, 2.24) is 10.6 Å². The number of urea groups is 1. The number of amides is 2. The summed E-state index contributed by atoms with van der Waals surface area (Å²) >= 11 is 3.52. The Bertz CT molecular complexity index is 959. The van der Waals surface area contributed by atoms with Gasteiger partial charge in [-0.15, -0.1) is 0 Å². The predicted octanol–water partition coefficient (Wildman–Crippen LogP) is 3.79. The number of benzene rings is 2. The largest absolute Gasteiger partial charge is 0.493 e. The second-order valence-electron chi connectivity index (χ2n) is 6.14. The van der Waals surface area contributed by atoms with Gasteiger partial charge in [0.1, 0.15) is 0 Å². The van der Waals surface area contributed by atoms with Crippen LogP contribution in [-0.2, 0) is 9.53 Å². The third kappa shape index (κ3) is 4.22. The fraction of sp³-hybridized carbons (Fsp3) is 0.238. The van der Waals surface area contributed by atoms with Crippen LogP contribution in [-0.4, -0.2) is 32.8 Å². The highest BCUT2D eigenvalue weighted by atomic mass is 79.9. The number of nitrogens with one attached hydrogen (secondary N) is 2. The first-order valence-corrected chi connectivity index (χ1v) is 9.75. The molecule has 2 N–H and O–H groups in total. The van der Waals surface area contributed by atoms with Crippen LogP contribution >= 0.6 is 15.9 Å². The minimum Gasteiger partial charge on any atom is -0.493 e. The van der Waals surface area contributed by atoms with Gasteiger partial charge in [0.25, 0.3) is 0 Å². The molecule has 2 aromatic rings. The van der Waals surface area contributed by atoms with Crippen molar-refractivity contribution in [3.05, 3.63) is 63.6 Å². The van der Waals surface area contributed by atoms with E-state index in [-0.39, 0.29) is 6.61 Å². The maximum Gasteiger partial charge on any atom is 0.338 e. The SMILES string of the molecule is CCOC(=O)C1=C(c2ccccc2)NC(=O)N[C@@H]1c1cc(OC)c(OC)cc1Br. The van der Waals surface area contributed by atoms with Crippen LogP contribution in [0.4, 0.5) is 4.79 Å². The molecule has 0 saturated heterocycles. The molecule has 7 nitrogen and oxygen atoms in total. The molecule has 0 bridgehead atoms. The van der Waals surface area contributed by atoms with E-state index in [0.29, 0.717) is 38.4 Å². The van der Waals surface area contributed by atoms with Crippen LogP contribution in [0.1, 0.15) is 24.1 Å². The second kappa shape index (κ2) is 9.00. The lowest BCUT2D eigenvalue weighted by atomic mass is 9.92. The summed E-state index contributed by atoms with van der Waals surface area (Å²) in [5.74, 6) is 0.474. The molecule has 1 aliphatic heterocycles. The summed E-state index contributed by atoms with van der Waals surface area (Å²) in [4.78, 5) is 25.4. The second-order valence-corrected chi connectivity index (χ2v) is 6.99. The van der Waals surface area contributed by atoms with Gasteiger partial charge in [-0.3, -0.25) is 0 Å². The maximum absolute atomic E-state index is 12.9. The maximum atomic E-state index is 12.9. The lowest BCUT2D eigenvalue weighted by molar-refractivity contribution is -0.138. The van der Waals surface area contributed by atoms with Gasteiger partial charge in [-0.05, 0) is 30.2 Å². The van der Waals surface area contributed by atoms with Crippen LogP contribution in [0.2, 0.25) is 0 Å². The van der Waals surface area contributed by atoms with Crippen LogP contribution < -0.4 is 20.1 Å². The van der Waals surface area contributed by atoms with Crippen molar-refractivity contribution in [2.75, 3.05) is 20.8 Å². The first-order valence-electron chi connectivity index (χ1n) is 8.95. The van der Waals surface area contributed by atoms with Gasteiger partial charge in [-0.2, -0.15) is 0 Å². The Kier molecular flexibility index (Phi) is 6.43. The monoisotopic (exact) mass is 460 g/mol. The first kappa shape index (κ1) is 20.7. The van der Waals surface area contributed by atoms with Crippen molar-refractivity contribution >= 4 is 33.6 Å². The van der Waals surface area contributed by atoms with Gasteiger partial charge in [-0.1, -0.05) is 46.3 Å². The molecule has 29 heavy (non-hydrogen) atoms. The molecule has 0 saturated carbocycles. The highest BCUT2D eigenvalue weighted by Gasteiger charge is 2.35. The van der Waals surface area contributed by atoms with E-state index in [2.05, 4.69) is 26.6 Å². The Balaban J connectivity index is 2.23. The van der Waals surface area contributed by atoms with Gasteiger partial charge >= 0.3 is 12.0 Å². The van der Waals surface area contributed by atoms with Crippen LogP contribution in [0.25, 0.3) is 5.70 Å². The number of hydrogen-bond acceptors (Lipinski definition) is 5. The summed E-state index contributed by atoms with van der Waals surface area (Å²) in [6, 6.07) is 11.4. The van der Waals surface area contributed by atoms with Gasteiger partial charge in [0.05, 0.1) is 38.1 Å². The summed E-state index contributed by atoms with van der Waals surface area (Å²) < 4.78 is 16.7. The molecule has 152 valence electrons. The fourth-order valence-electron chi connectivity index (χ4n) is 3.15. The standard InChI is InChI=1S/C21H21BrN2O5/c1-4-29-20(25)17-18(12-8-6-5-7-9-12)23-21(26)24-19(17)13-10-15(27-2)16(28-3)11-14(13)22/h5-11,19H,4H2,1-3H3,(H2,23,24,26)/t19-/m1/s1. The van der Waals surface area contributed by atoms with Crippen molar-refractivity contribution < 1.29 is 23.8 Å². The van der Waals surface area contributed by atoms with E-state index < -0.39 is 18.0 Å². The van der Waals surface area contributed by atoms with Gasteiger partial charge in [-0.25, -0.2) is 9.59 Å². The molecule has 0 aliphatic carbocycles. The number of methoxy groups -OCH3 is 2. The number of esters is 1. The Morgan fingerprint density at radius 3 is 2.38 bits per heavy atom. The normalized spacial score (nSPS) is 16.0. The summed E-state index contributed by atoms with van der Waals surface area (Å²) in [7, 11) is 3.06. The molecule has 0 spiro atoms. The van der Waals surface area contributed by atoms with E-state index in [1.807, 2.05) is 30.3 Å². The Labute approximate surface area is 177 Å². The molecule has 1 aliphatic rings. The van der Waals surface area contributed by atoms with E-state index in [9.17, 15) is 9.59 Å². The van der Waals surface area contributed by atoms with E-state index in [1.54, 1.807) is 19.1 Å². The third-order valence-corrected chi connectivity index (χ3v) is 5.13. The highest BCUT2D eigenvalue weighted by Crippen LogP contribution is 2.40. The van der Waals surface area contributed by atoms with E-state index in [4.69, 9.17) is 14.2 Å². The molecule has 0 aromatic heterocycles. The topological polar surface area (TPSA) is 85.9 Å². The Morgan fingerprint density at radius 1 is 1.10 bits per heavy atom. The highest BCUT2D eigenvalue weighted by molar-refractivity contribution is 9.10. The average Bonchev–Trinajstić information content (AvgIpc) is 2.73. The van der Waals surface area contributed by atoms with Gasteiger partial charge in [0, 0.05) is 4.47 Å². The first-order chi connectivity index (χ1) is 14.0. The molecule has 1 atom stereocenters. The molecular weight excluding hydrogens is 440 g/mol. The molecule has 8 heteroatoms. The zero-order chi connectivity index (χ0) is 21.0. The molecule has 3 rings (SSSR count). The molecule has 1 heterocycles. The molecule has 0 unspecified atom stereocenters. The van der Waals surface area contributed by atoms with Gasteiger partial charge in [0.2, 0.25) is 0 Å². The van der Waals surface area contributed by atoms with E-state index >= 15 is 0 Å². The zero-order valence-electron chi connectivity index (χ0n) is 16.2. The molecular formula is C21H21BrN2O5. The lowest BCUT2D eigenvalue weighted by Crippen LogP contribution is -2.45. The van der Waals surface area contributed by atoms with Crippen LogP contribution in [0.15, 0.2) is 52.5 Å². The lowest BCUT2D eigenvalue weighted by Gasteiger charge is -2.30. The van der Waals surface area contributed by atoms with Crippen molar-refractivity contribution in [2.45, 2.75) is 13.0 Å². The molecule has 0 fully saturated rings. The van der Waals surface area contributed by atoms with Crippen LogP contribution in [0.5, 0.6) is 11.5 Å². The average molecular weight is 461 g/mol. The predicted molar refractivity (Wildman–Crippen MR) is 112 cm³/mol. The number of carbonyl (C=O) groups is 2. The van der Waals surface area contributed by atoms with Crippen LogP contribution in [0.3, 0.4) is 0 Å². The van der Waals surface area contributed by atoms with E-state index in [1.165, 1.54) is 14.2 Å². The number of carbonyl (C=O) groups excluding carboxylic acids is 2. The van der Waals surface area contributed by atoms with E-state index in [0.717, 1.165) is 0 Å². The summed E-state index contributed by atoms with van der Waals surface area (Å²) in [6.45, 7) is 1.94. The van der Waals surface area contributed by atoms with Gasteiger partial charge < -0.3 is 24.8 Å². The van der Waals surface area contributed by atoms with Crippen molar-refractivity contribution in [3.63, 3.8) is 0 Å². The fourth-order valence-corrected chi connectivity index (χ4v) is 3.70. The smallest absolute Gasteiger partial charge is 0.338 e. The van der Waals surface area contributed by atoms with Crippen molar-refractivity contribution in [1.29, 1.82) is 0 Å². The van der Waals surface area contributed by atoms with Crippen molar-refractivity contribution in [3.8, 4) is 11.5 Å². The number of halogens is 1. The number of hydrogen-bond donors (Lipinski definition) is 2. The number of rotatable bonds is 6. The summed E-state index contributed by atoms with van der Waals surface area (Å²) in [5.41, 5.74) is 2.03. The summed E-state index contributed by atoms with van der Waals surface area (Å²) in [5, 5.41) is 5.57. The summed E-state index contributed by atoms with van der Waals surface area (Å²) in [6.07, 6.45) is 0. The van der Waals surface area contributed by atoms with Gasteiger partial charge in [0.15, 0.2) is 11.5 Å². The third-order valence-electron chi connectivity index (χ3n) is 4.44. The molecule has 2 amide bonds. The van der Waals surface area contributed by atoms with Crippen LogP contribution in [0, 0.1) is 0 Å². The Hall–Kier alpha value is -3.00. The Morgan fingerprint density at radius 2 is 1.76 bits per heavy atom. The zero-order valence-corrected chi connectivity index (χ0v) is 17.8. The van der Waals surface area contributed by atoms with Crippen molar-refractivity contribution in [2.24, 2.45) is 0 Å². The minimum absolute atomic E-state index is 0.207. The molecule has 0 radical (unpaired) electrons. The number of ether oxygens (including phenoxy) is 3. The quantitative estimate of drug-likeness (QED) is 0.640. The molecule has 2 aromatic carbocycles. The minimum atomic E-state index is -0.757.